The van der Waals surface area contributed by atoms with Gasteiger partial charge < -0.3 is 20.3 Å². The second-order valence-corrected chi connectivity index (χ2v) is 15.5. The zero-order valence-corrected chi connectivity index (χ0v) is 32.3. The van der Waals surface area contributed by atoms with Crippen molar-refractivity contribution in [2.45, 2.75) is 78.0 Å². The van der Waals surface area contributed by atoms with Crippen LogP contribution in [0.4, 0.5) is 0 Å². The Morgan fingerprint density at radius 1 is 1.00 bits per heavy atom. The number of aromatic nitrogens is 3. The molecule has 5 heterocycles. The van der Waals surface area contributed by atoms with Crippen molar-refractivity contribution in [2.24, 2.45) is 4.99 Å². The van der Waals surface area contributed by atoms with Gasteiger partial charge in [-0.15, -0.1) is 21.5 Å². The van der Waals surface area contributed by atoms with Gasteiger partial charge in [0.05, 0.1) is 25.2 Å². The van der Waals surface area contributed by atoms with Gasteiger partial charge in [-0.25, -0.2) is 0 Å². The normalized spacial score (nSPS) is 18.0. The van der Waals surface area contributed by atoms with Crippen molar-refractivity contribution in [2.75, 3.05) is 19.8 Å². The van der Waals surface area contributed by atoms with Crippen LogP contribution in [0.25, 0.3) is 5.00 Å². The van der Waals surface area contributed by atoms with Crippen LogP contribution in [0.5, 0.6) is 0 Å². The number of hydrogen-bond acceptors (Lipinski definition) is 10. The Balaban J connectivity index is 0.925. The first-order chi connectivity index (χ1) is 26.5. The number of amides is 5. The summed E-state index contributed by atoms with van der Waals surface area (Å²) in [7, 11) is 0. The lowest BCUT2D eigenvalue weighted by Gasteiger charge is -2.31. The molecule has 2 atom stereocenters. The van der Waals surface area contributed by atoms with E-state index in [4.69, 9.17) is 21.3 Å². The minimum atomic E-state index is -0.805. The SMILES string of the molecule is Cc1sc2c(c1C)C(c1ccc(Cl)cc1)=N[C@@H](CC(=O)NCCCCNC(=O)Cc1cccc3c1COCN(C1CCC(=O)NC1=O)C3=O)c1nnc(C)n1-2. The second-order valence-electron chi connectivity index (χ2n) is 13.9. The van der Waals surface area contributed by atoms with E-state index in [0.29, 0.717) is 53.5 Å². The first-order valence-corrected chi connectivity index (χ1v) is 19.4. The predicted octanol–water partition coefficient (Wildman–Crippen LogP) is 4.18. The highest BCUT2D eigenvalue weighted by atomic mass is 35.5. The summed E-state index contributed by atoms with van der Waals surface area (Å²) >= 11 is 7.87. The maximum atomic E-state index is 13.5. The molecule has 2 aromatic heterocycles. The molecule has 1 fully saturated rings. The maximum absolute atomic E-state index is 13.5. The Kier molecular flexibility index (Phi) is 11.2. The van der Waals surface area contributed by atoms with Gasteiger partial charge >= 0.3 is 0 Å². The third-order valence-electron chi connectivity index (χ3n) is 10.2. The number of benzene rings is 2. The molecule has 55 heavy (non-hydrogen) atoms. The number of aliphatic imine (C=N–C) groups is 1. The number of rotatable bonds is 11. The molecule has 3 N–H and O–H groups in total. The molecule has 0 spiro atoms. The molecule has 3 aliphatic rings. The van der Waals surface area contributed by atoms with E-state index in [1.165, 1.54) is 9.78 Å². The average molecular weight is 785 g/mol. The Morgan fingerprint density at radius 3 is 2.49 bits per heavy atom. The number of halogens is 1. The summed E-state index contributed by atoms with van der Waals surface area (Å²) in [5.41, 5.74) is 5.44. The van der Waals surface area contributed by atoms with Crippen LogP contribution in [0, 0.1) is 20.8 Å². The van der Waals surface area contributed by atoms with E-state index < -0.39 is 18.0 Å². The molecule has 3 aliphatic heterocycles. The smallest absolute Gasteiger partial charge is 0.256 e. The zero-order chi connectivity index (χ0) is 38.8. The molecule has 2 aromatic carbocycles. The number of unbranched alkanes of at least 4 members (excludes halogenated alkanes) is 1. The van der Waals surface area contributed by atoms with Crippen molar-refractivity contribution < 1.29 is 28.7 Å². The number of piperidine rings is 1. The number of nitrogens with zero attached hydrogens (tertiary/aromatic N) is 5. The highest BCUT2D eigenvalue weighted by molar-refractivity contribution is 7.15. The van der Waals surface area contributed by atoms with E-state index in [9.17, 15) is 24.0 Å². The van der Waals surface area contributed by atoms with Crippen LogP contribution in [-0.4, -0.2) is 80.8 Å². The molecule has 0 aliphatic carbocycles. The maximum Gasteiger partial charge on any atom is 0.256 e. The van der Waals surface area contributed by atoms with E-state index in [1.54, 1.807) is 29.5 Å². The van der Waals surface area contributed by atoms with Crippen LogP contribution in [0.15, 0.2) is 47.5 Å². The fourth-order valence-corrected chi connectivity index (χ4v) is 8.50. The van der Waals surface area contributed by atoms with Crippen molar-refractivity contribution >= 4 is 58.2 Å². The van der Waals surface area contributed by atoms with Gasteiger partial charge in [0.15, 0.2) is 5.82 Å². The summed E-state index contributed by atoms with van der Waals surface area (Å²) in [5.74, 6) is -0.310. The summed E-state index contributed by atoms with van der Waals surface area (Å²) in [6.45, 7) is 6.90. The summed E-state index contributed by atoms with van der Waals surface area (Å²) in [4.78, 5) is 71.5. The van der Waals surface area contributed by atoms with E-state index in [2.05, 4.69) is 40.0 Å². The lowest BCUT2D eigenvalue weighted by atomic mass is 9.97. The fourth-order valence-electron chi connectivity index (χ4n) is 7.16. The molecule has 16 heteroatoms. The number of carbonyl (C=O) groups is 5. The van der Waals surface area contributed by atoms with Crippen LogP contribution in [0.3, 0.4) is 0 Å². The quantitative estimate of drug-likeness (QED) is 0.150. The molecule has 4 aromatic rings. The van der Waals surface area contributed by atoms with Gasteiger partial charge in [-0.1, -0.05) is 35.9 Å². The van der Waals surface area contributed by atoms with Gasteiger partial charge in [0, 0.05) is 46.1 Å². The Morgan fingerprint density at radius 2 is 1.75 bits per heavy atom. The van der Waals surface area contributed by atoms with Crippen LogP contribution in [-0.2, 0) is 36.9 Å². The molecule has 5 amide bonds. The first-order valence-electron chi connectivity index (χ1n) is 18.2. The Bertz CT molecular complexity index is 2210. The average Bonchev–Trinajstić information content (AvgIpc) is 3.57. The standard InChI is InChI=1S/C39H41ClN8O6S/c1-21-22(2)55-39-34(21)35(24-9-11-26(40)12-10-24)43-29(36-46-45-23(3)48(36)39)18-33(51)42-16-5-4-15-41-32(50)17-25-7-6-8-27-28(25)19-54-20-47(38(27)53)30-13-14-31(49)44-37(30)52/h6-12,29-30H,4-5,13-20H2,1-3H3,(H,41,50)(H,42,51)(H,44,49,52)/t29-,30?/m0/s1. The number of imide groups is 1. The minimum Gasteiger partial charge on any atom is -0.356 e. The fraction of sp³-hybridized carbons (Fsp3) is 0.385. The van der Waals surface area contributed by atoms with Crippen molar-refractivity contribution in [1.29, 1.82) is 0 Å². The largest absolute Gasteiger partial charge is 0.356 e. The van der Waals surface area contributed by atoms with E-state index in [1.807, 2.05) is 35.8 Å². The number of fused-ring (bicyclic) bond motifs is 4. The van der Waals surface area contributed by atoms with Crippen LogP contribution >= 0.6 is 22.9 Å². The third kappa shape index (κ3) is 7.95. The number of hydrogen-bond donors (Lipinski definition) is 3. The molecule has 1 unspecified atom stereocenters. The summed E-state index contributed by atoms with van der Waals surface area (Å²) in [6.07, 6.45) is 1.77. The molecule has 286 valence electrons. The topological polar surface area (TPSA) is 177 Å². The van der Waals surface area contributed by atoms with Crippen molar-refractivity contribution in [1.82, 2.24) is 35.6 Å². The van der Waals surface area contributed by atoms with Gasteiger partial charge in [-0.05, 0) is 74.9 Å². The molecular weight excluding hydrogens is 744 g/mol. The van der Waals surface area contributed by atoms with Gasteiger partial charge in [0.1, 0.15) is 29.6 Å². The van der Waals surface area contributed by atoms with E-state index >= 15 is 0 Å². The van der Waals surface area contributed by atoms with Crippen LogP contribution in [0.1, 0.15) is 92.8 Å². The number of thiophene rings is 1. The second kappa shape index (κ2) is 16.2. The Labute approximate surface area is 326 Å². The monoisotopic (exact) mass is 784 g/mol. The minimum absolute atomic E-state index is 0.0463. The predicted molar refractivity (Wildman–Crippen MR) is 205 cm³/mol. The number of nitrogens with one attached hydrogen (secondary N) is 3. The highest BCUT2D eigenvalue weighted by Gasteiger charge is 2.37. The third-order valence-corrected chi connectivity index (χ3v) is 11.6. The van der Waals surface area contributed by atoms with Gasteiger partial charge in [-0.2, -0.15) is 0 Å². The first kappa shape index (κ1) is 38.0. The summed E-state index contributed by atoms with van der Waals surface area (Å²) in [5, 5.41) is 18.7. The van der Waals surface area contributed by atoms with E-state index in [-0.39, 0.29) is 62.6 Å². The molecular formula is C39H41ClN8O6S. The van der Waals surface area contributed by atoms with Crippen molar-refractivity contribution in [3.63, 3.8) is 0 Å². The summed E-state index contributed by atoms with van der Waals surface area (Å²) in [6, 6.07) is 11.3. The molecule has 14 nitrogen and oxygen atoms in total. The Hall–Kier alpha value is -5.25. The molecule has 7 rings (SSSR count). The number of carbonyl (C=O) groups excluding carboxylic acids is 5. The molecule has 1 saturated heterocycles. The van der Waals surface area contributed by atoms with Crippen molar-refractivity contribution in [3.8, 4) is 5.00 Å². The highest BCUT2D eigenvalue weighted by Crippen LogP contribution is 2.39. The van der Waals surface area contributed by atoms with E-state index in [0.717, 1.165) is 33.2 Å². The van der Waals surface area contributed by atoms with Gasteiger partial charge in [-0.3, -0.25) is 38.8 Å². The lowest BCUT2D eigenvalue weighted by molar-refractivity contribution is -0.138. The molecule has 0 radical (unpaired) electrons. The van der Waals surface area contributed by atoms with Gasteiger partial charge in [0.25, 0.3) is 5.91 Å². The van der Waals surface area contributed by atoms with Crippen LogP contribution in [0.2, 0.25) is 5.02 Å². The number of ether oxygens (including phenoxy) is 1. The van der Waals surface area contributed by atoms with Crippen molar-refractivity contribution in [3.05, 3.63) is 97.4 Å². The zero-order valence-electron chi connectivity index (χ0n) is 30.7. The van der Waals surface area contributed by atoms with Gasteiger partial charge in [0.2, 0.25) is 23.6 Å². The van der Waals surface area contributed by atoms with Crippen LogP contribution < -0.4 is 16.0 Å². The molecule has 0 bridgehead atoms. The molecule has 0 saturated carbocycles. The lowest BCUT2D eigenvalue weighted by Crippen LogP contribution is -2.54. The number of aryl methyl sites for hydroxylation is 2. The summed E-state index contributed by atoms with van der Waals surface area (Å²) < 4.78 is 7.79.